The Labute approximate surface area is 158 Å². The maximum Gasteiger partial charge on any atom is 0.322 e. The minimum atomic E-state index is -0.798. The number of aliphatic imine (C=N–C) groups is 1. The zero-order chi connectivity index (χ0) is 18.7. The fraction of sp³-hybridized carbons (Fsp3) is 0.611. The van der Waals surface area contributed by atoms with E-state index in [1.54, 1.807) is 7.05 Å². The topological polar surface area (TPSA) is 85.8 Å². The van der Waals surface area contributed by atoms with Gasteiger partial charge < -0.3 is 15.5 Å². The minimum Gasteiger partial charge on any atom is -0.351 e. The number of amides is 3. The first kappa shape index (κ1) is 18.7. The lowest BCUT2D eigenvalue weighted by atomic mass is 9.79. The van der Waals surface area contributed by atoms with Gasteiger partial charge in [-0.2, -0.15) is 0 Å². The van der Waals surface area contributed by atoms with Gasteiger partial charge in [0.05, 0.1) is 6.54 Å². The summed E-state index contributed by atoms with van der Waals surface area (Å²) in [5, 5.41) is 8.60. The predicted molar refractivity (Wildman–Crippen MR) is 103 cm³/mol. The number of carbonyl (C=O) groups excluding carboxylic acids is 2. The van der Waals surface area contributed by atoms with E-state index in [0.717, 1.165) is 44.9 Å². The van der Waals surface area contributed by atoms with Crippen molar-refractivity contribution in [1.29, 1.82) is 0 Å². The molecule has 142 valence electrons. The van der Waals surface area contributed by atoms with Crippen LogP contribution in [0.1, 0.15) is 36.4 Å². The molecule has 1 aromatic rings. The van der Waals surface area contributed by atoms with E-state index >= 15 is 0 Å². The molecule has 2 aliphatic rings. The van der Waals surface area contributed by atoms with Crippen LogP contribution in [0.3, 0.4) is 0 Å². The first-order valence-corrected chi connectivity index (χ1v) is 9.94. The highest BCUT2D eigenvalue weighted by Gasteiger charge is 2.48. The number of hydrogen-bond acceptors (Lipinski definition) is 4. The summed E-state index contributed by atoms with van der Waals surface area (Å²) >= 11 is 1.83. The second-order valence-electron chi connectivity index (χ2n) is 6.99. The van der Waals surface area contributed by atoms with Crippen LogP contribution in [0.25, 0.3) is 0 Å². The Hall–Kier alpha value is -2.09. The van der Waals surface area contributed by atoms with Crippen molar-refractivity contribution in [3.8, 4) is 0 Å². The molecule has 3 rings (SSSR count). The summed E-state index contributed by atoms with van der Waals surface area (Å²) < 4.78 is 0. The van der Waals surface area contributed by atoms with Crippen LogP contribution in [0.4, 0.5) is 4.79 Å². The Balaban J connectivity index is 1.54. The van der Waals surface area contributed by atoms with E-state index in [4.69, 9.17) is 0 Å². The first-order valence-electron chi connectivity index (χ1n) is 9.13. The zero-order valence-electron chi connectivity index (χ0n) is 15.6. The average Bonchev–Trinajstić information content (AvgIpc) is 3.20. The number of carbonyl (C=O) groups is 2. The van der Waals surface area contributed by atoms with Crippen LogP contribution in [0.5, 0.6) is 0 Å². The largest absolute Gasteiger partial charge is 0.351 e. The number of aryl methyl sites for hydroxylation is 1. The number of rotatable bonds is 4. The minimum absolute atomic E-state index is 0.132. The lowest BCUT2D eigenvalue weighted by Gasteiger charge is -2.39. The van der Waals surface area contributed by atoms with Gasteiger partial charge in [0.1, 0.15) is 5.54 Å². The number of likely N-dealkylation sites (tertiary alicyclic amines) is 1. The molecular weight excluding hydrogens is 350 g/mol. The van der Waals surface area contributed by atoms with Crippen molar-refractivity contribution < 1.29 is 9.59 Å². The number of nitrogens with zero attached hydrogens (tertiary/aromatic N) is 2. The highest BCUT2D eigenvalue weighted by molar-refractivity contribution is 7.11. The molecule has 2 aliphatic heterocycles. The molecule has 8 heteroatoms. The zero-order valence-corrected chi connectivity index (χ0v) is 16.4. The van der Waals surface area contributed by atoms with Crippen molar-refractivity contribution in [3.63, 3.8) is 0 Å². The van der Waals surface area contributed by atoms with Crippen molar-refractivity contribution in [2.75, 3.05) is 20.1 Å². The Morgan fingerprint density at radius 3 is 2.58 bits per heavy atom. The van der Waals surface area contributed by atoms with E-state index in [9.17, 15) is 9.59 Å². The Kier molecular flexibility index (Phi) is 5.50. The second-order valence-corrected chi connectivity index (χ2v) is 8.25. The normalized spacial score (nSPS) is 24.6. The van der Waals surface area contributed by atoms with Gasteiger partial charge in [-0.3, -0.25) is 15.1 Å². The summed E-state index contributed by atoms with van der Waals surface area (Å²) in [7, 11) is 1.80. The molecule has 0 saturated carbocycles. The van der Waals surface area contributed by atoms with Crippen LogP contribution < -0.4 is 16.0 Å². The van der Waals surface area contributed by atoms with Crippen LogP contribution in [0.15, 0.2) is 17.1 Å². The van der Waals surface area contributed by atoms with E-state index in [-0.39, 0.29) is 17.9 Å². The summed E-state index contributed by atoms with van der Waals surface area (Å²) in [6.45, 7) is 6.39. The summed E-state index contributed by atoms with van der Waals surface area (Å²) in [5.74, 6) is 0.806. The number of piperidine rings is 1. The molecule has 3 amide bonds. The van der Waals surface area contributed by atoms with Gasteiger partial charge in [-0.15, -0.1) is 11.3 Å². The molecule has 1 unspecified atom stereocenters. The molecule has 1 aromatic heterocycles. The van der Waals surface area contributed by atoms with Crippen LogP contribution in [-0.2, 0) is 17.8 Å². The molecule has 0 aromatic carbocycles. The third kappa shape index (κ3) is 3.70. The monoisotopic (exact) mass is 377 g/mol. The third-order valence-electron chi connectivity index (χ3n) is 5.38. The SMILES string of the molecule is CCc1ccc(CNC(=NC)N2CCC(C3(C)NC(=O)NC3=O)CC2)s1. The van der Waals surface area contributed by atoms with E-state index in [0.29, 0.717) is 0 Å². The molecule has 0 radical (unpaired) electrons. The molecule has 7 nitrogen and oxygen atoms in total. The van der Waals surface area contributed by atoms with Gasteiger partial charge in [0.15, 0.2) is 5.96 Å². The second kappa shape index (κ2) is 7.65. The number of guanidine groups is 1. The van der Waals surface area contributed by atoms with E-state index in [1.807, 2.05) is 18.3 Å². The molecule has 0 bridgehead atoms. The number of thiophene rings is 1. The third-order valence-corrected chi connectivity index (χ3v) is 6.61. The molecule has 2 fully saturated rings. The standard InChI is InChI=1S/C18H27N5O2S/c1-4-13-5-6-14(26-13)11-20-16(19-3)23-9-7-12(8-10-23)18(2)15(24)21-17(25)22-18/h5-6,12H,4,7-11H2,1-3H3,(H,19,20)(H2,21,22,24,25). The molecule has 26 heavy (non-hydrogen) atoms. The van der Waals surface area contributed by atoms with Crippen molar-refractivity contribution in [1.82, 2.24) is 20.9 Å². The van der Waals surface area contributed by atoms with Crippen molar-refractivity contribution in [2.24, 2.45) is 10.9 Å². The Morgan fingerprint density at radius 2 is 2.04 bits per heavy atom. The summed E-state index contributed by atoms with van der Waals surface area (Å²) in [6, 6.07) is 3.95. The van der Waals surface area contributed by atoms with Crippen molar-refractivity contribution in [3.05, 3.63) is 21.9 Å². The lowest BCUT2D eigenvalue weighted by molar-refractivity contribution is -0.125. The molecule has 3 heterocycles. The number of imide groups is 1. The number of nitrogens with one attached hydrogen (secondary N) is 3. The predicted octanol–water partition coefficient (Wildman–Crippen LogP) is 1.70. The summed E-state index contributed by atoms with van der Waals surface area (Å²) in [5.41, 5.74) is -0.798. The molecule has 0 aliphatic carbocycles. The number of hydrogen-bond donors (Lipinski definition) is 3. The first-order chi connectivity index (χ1) is 12.5. The summed E-state index contributed by atoms with van der Waals surface area (Å²) in [6.07, 6.45) is 2.74. The highest BCUT2D eigenvalue weighted by Crippen LogP contribution is 2.30. The quantitative estimate of drug-likeness (QED) is 0.423. The molecule has 2 saturated heterocycles. The van der Waals surface area contributed by atoms with Gasteiger partial charge in [-0.25, -0.2) is 4.79 Å². The maximum atomic E-state index is 12.1. The lowest BCUT2D eigenvalue weighted by Crippen LogP contribution is -2.55. The molecule has 0 spiro atoms. The van der Waals surface area contributed by atoms with Crippen molar-refractivity contribution >= 4 is 29.2 Å². The molecular formula is C18H27N5O2S. The van der Waals surface area contributed by atoms with Gasteiger partial charge in [-0.1, -0.05) is 6.92 Å². The smallest absolute Gasteiger partial charge is 0.322 e. The molecule has 1 atom stereocenters. The van der Waals surface area contributed by atoms with Crippen LogP contribution >= 0.6 is 11.3 Å². The van der Waals surface area contributed by atoms with Crippen LogP contribution in [0, 0.1) is 5.92 Å². The van der Waals surface area contributed by atoms with Crippen LogP contribution in [-0.4, -0.2) is 48.5 Å². The van der Waals surface area contributed by atoms with Gasteiger partial charge in [-0.05, 0) is 44.2 Å². The highest BCUT2D eigenvalue weighted by atomic mass is 32.1. The van der Waals surface area contributed by atoms with Gasteiger partial charge >= 0.3 is 6.03 Å². The Bertz CT molecular complexity index is 708. The van der Waals surface area contributed by atoms with E-state index < -0.39 is 5.54 Å². The Morgan fingerprint density at radius 1 is 1.35 bits per heavy atom. The van der Waals surface area contributed by atoms with Gasteiger partial charge in [0, 0.05) is 29.9 Å². The maximum absolute atomic E-state index is 12.1. The van der Waals surface area contributed by atoms with Gasteiger partial charge in [0.2, 0.25) is 0 Å². The van der Waals surface area contributed by atoms with Crippen LogP contribution in [0.2, 0.25) is 0 Å². The number of urea groups is 1. The summed E-state index contributed by atoms with van der Waals surface area (Å²) in [4.78, 5) is 32.9. The van der Waals surface area contributed by atoms with E-state index in [1.165, 1.54) is 9.75 Å². The molecule has 3 N–H and O–H groups in total. The fourth-order valence-corrected chi connectivity index (χ4v) is 4.62. The van der Waals surface area contributed by atoms with E-state index in [2.05, 4.69) is 44.9 Å². The fourth-order valence-electron chi connectivity index (χ4n) is 3.72. The van der Waals surface area contributed by atoms with Gasteiger partial charge in [0.25, 0.3) is 5.91 Å². The average molecular weight is 378 g/mol. The van der Waals surface area contributed by atoms with Crippen molar-refractivity contribution in [2.45, 2.75) is 45.2 Å².